The molecule has 0 saturated heterocycles. The molecule has 0 amide bonds. The van der Waals surface area contributed by atoms with E-state index >= 15 is 0 Å². The van der Waals surface area contributed by atoms with Crippen LogP contribution < -0.4 is 0 Å². The van der Waals surface area contributed by atoms with Crippen molar-refractivity contribution in [2.24, 2.45) is 0 Å². The summed E-state index contributed by atoms with van der Waals surface area (Å²) in [4.78, 5) is 14.6. The number of carbonyl (C=O) groups is 1. The van der Waals surface area contributed by atoms with Gasteiger partial charge >= 0.3 is 5.97 Å². The molecule has 0 fully saturated rings. The van der Waals surface area contributed by atoms with Crippen LogP contribution in [0.1, 0.15) is 21.6 Å². The summed E-state index contributed by atoms with van der Waals surface area (Å²) in [5.41, 5.74) is 1.49. The van der Waals surface area contributed by atoms with E-state index in [0.29, 0.717) is 11.3 Å². The number of hydrogen-bond acceptors (Lipinski definition) is 2. The van der Waals surface area contributed by atoms with Crippen LogP contribution in [-0.2, 0) is 0 Å². The van der Waals surface area contributed by atoms with Crippen LogP contribution in [0.15, 0.2) is 18.8 Å². The molecule has 0 aliphatic rings. The van der Waals surface area contributed by atoms with Crippen molar-refractivity contribution in [2.45, 2.75) is 6.92 Å². The minimum atomic E-state index is -0.949. The minimum absolute atomic E-state index is 0.248. The molecule has 3 nitrogen and oxygen atoms in total. The third-order valence-corrected chi connectivity index (χ3v) is 1.52. The van der Waals surface area contributed by atoms with E-state index in [4.69, 9.17) is 5.11 Å². The van der Waals surface area contributed by atoms with Crippen LogP contribution in [0.2, 0.25) is 0 Å². The fraction of sp³-hybridized carbons (Fsp3) is 0.111. The number of hydrogen-bond donors (Lipinski definition) is 1. The Bertz CT molecular complexity index is 331. The molecule has 0 aliphatic heterocycles. The van der Waals surface area contributed by atoms with Gasteiger partial charge in [0.25, 0.3) is 0 Å². The maximum atomic E-state index is 10.7. The highest BCUT2D eigenvalue weighted by Crippen LogP contribution is 2.10. The molecule has 3 heteroatoms. The molecule has 1 aromatic heterocycles. The molecule has 1 heterocycles. The van der Waals surface area contributed by atoms with E-state index in [1.165, 1.54) is 18.3 Å². The largest absolute Gasteiger partial charge is 0.478 e. The van der Waals surface area contributed by atoms with Gasteiger partial charge in [-0.1, -0.05) is 12.7 Å². The topological polar surface area (TPSA) is 50.2 Å². The Morgan fingerprint density at radius 3 is 2.92 bits per heavy atom. The second-order valence-corrected chi connectivity index (χ2v) is 2.42. The van der Waals surface area contributed by atoms with Crippen molar-refractivity contribution in [2.75, 3.05) is 0 Å². The second-order valence-electron chi connectivity index (χ2n) is 2.42. The number of carboxylic acids is 1. The Kier molecular flexibility index (Phi) is 2.24. The number of rotatable bonds is 2. The lowest BCUT2D eigenvalue weighted by Gasteiger charge is -2.00. The lowest BCUT2D eigenvalue weighted by atomic mass is 10.1. The van der Waals surface area contributed by atoms with Crippen molar-refractivity contribution in [3.05, 3.63) is 35.7 Å². The van der Waals surface area contributed by atoms with Crippen LogP contribution in [-0.4, -0.2) is 16.1 Å². The molecular formula is C9H9NO2. The van der Waals surface area contributed by atoms with E-state index in [1.807, 2.05) is 0 Å². The maximum absolute atomic E-state index is 10.7. The van der Waals surface area contributed by atoms with Gasteiger partial charge in [0.1, 0.15) is 0 Å². The molecule has 1 N–H and O–H groups in total. The number of aryl methyl sites for hydroxylation is 1. The molecule has 12 heavy (non-hydrogen) atoms. The highest BCUT2D eigenvalue weighted by atomic mass is 16.4. The molecule has 0 radical (unpaired) electrons. The fourth-order valence-electron chi connectivity index (χ4n) is 0.918. The molecule has 1 rings (SSSR count). The first-order chi connectivity index (χ1) is 5.65. The lowest BCUT2D eigenvalue weighted by molar-refractivity contribution is 0.0696. The van der Waals surface area contributed by atoms with Crippen LogP contribution in [0, 0.1) is 6.92 Å². The first kappa shape index (κ1) is 8.46. The Morgan fingerprint density at radius 1 is 1.75 bits per heavy atom. The fourth-order valence-corrected chi connectivity index (χ4v) is 0.918. The summed E-state index contributed by atoms with van der Waals surface area (Å²) in [5, 5.41) is 8.75. The Hall–Kier alpha value is -1.64. The van der Waals surface area contributed by atoms with Crippen LogP contribution in [0.4, 0.5) is 0 Å². The van der Waals surface area contributed by atoms with Gasteiger partial charge in [-0.2, -0.15) is 0 Å². The van der Waals surface area contributed by atoms with E-state index in [-0.39, 0.29) is 5.56 Å². The zero-order chi connectivity index (χ0) is 9.14. The summed E-state index contributed by atoms with van der Waals surface area (Å²) in [7, 11) is 0. The number of pyridine rings is 1. The van der Waals surface area contributed by atoms with Crippen LogP contribution in [0.5, 0.6) is 0 Å². The second kappa shape index (κ2) is 3.17. The Balaban J connectivity index is 3.30. The van der Waals surface area contributed by atoms with Crippen molar-refractivity contribution in [3.63, 3.8) is 0 Å². The van der Waals surface area contributed by atoms with Gasteiger partial charge in [0.2, 0.25) is 0 Å². The van der Waals surface area contributed by atoms with Gasteiger partial charge in [-0.15, -0.1) is 0 Å². The highest BCUT2D eigenvalue weighted by molar-refractivity contribution is 5.91. The first-order valence-electron chi connectivity index (χ1n) is 3.47. The van der Waals surface area contributed by atoms with Gasteiger partial charge in [-0.3, -0.25) is 4.98 Å². The van der Waals surface area contributed by atoms with Crippen molar-refractivity contribution < 1.29 is 9.90 Å². The van der Waals surface area contributed by atoms with Crippen LogP contribution in [0.3, 0.4) is 0 Å². The molecule has 0 saturated carbocycles. The zero-order valence-electron chi connectivity index (χ0n) is 6.74. The molecule has 0 spiro atoms. The highest BCUT2D eigenvalue weighted by Gasteiger charge is 2.07. The molecule has 1 aromatic rings. The summed E-state index contributed by atoms with van der Waals surface area (Å²) in [5.74, 6) is -0.949. The van der Waals surface area contributed by atoms with E-state index in [9.17, 15) is 4.79 Å². The average molecular weight is 163 g/mol. The molecule has 62 valence electrons. The van der Waals surface area contributed by atoms with Gasteiger partial charge in [-0.25, -0.2) is 4.79 Å². The summed E-state index contributed by atoms with van der Waals surface area (Å²) in [6.07, 6.45) is 2.99. The monoisotopic (exact) mass is 163 g/mol. The SMILES string of the molecule is C=Cc1cnc(C)cc1C(=O)O. The lowest BCUT2D eigenvalue weighted by Crippen LogP contribution is -2.01. The van der Waals surface area contributed by atoms with E-state index in [0.717, 1.165) is 0 Å². The normalized spacial score (nSPS) is 9.42. The summed E-state index contributed by atoms with van der Waals surface area (Å²) < 4.78 is 0. The van der Waals surface area contributed by atoms with Gasteiger partial charge in [-0.05, 0) is 13.0 Å². The van der Waals surface area contributed by atoms with Gasteiger partial charge < -0.3 is 5.11 Å². The molecule has 0 aliphatic carbocycles. The minimum Gasteiger partial charge on any atom is -0.478 e. The number of aromatic carboxylic acids is 1. The summed E-state index contributed by atoms with van der Waals surface area (Å²) >= 11 is 0. The first-order valence-corrected chi connectivity index (χ1v) is 3.47. The average Bonchev–Trinajstić information content (AvgIpc) is 2.04. The van der Waals surface area contributed by atoms with Gasteiger partial charge in [0.05, 0.1) is 5.56 Å². The molecule has 0 atom stereocenters. The van der Waals surface area contributed by atoms with Gasteiger partial charge in [0, 0.05) is 17.5 Å². The smallest absolute Gasteiger partial charge is 0.336 e. The molecular weight excluding hydrogens is 154 g/mol. The molecule has 0 unspecified atom stereocenters. The Morgan fingerprint density at radius 2 is 2.42 bits per heavy atom. The van der Waals surface area contributed by atoms with E-state index in [2.05, 4.69) is 11.6 Å². The van der Waals surface area contributed by atoms with E-state index in [1.54, 1.807) is 6.92 Å². The van der Waals surface area contributed by atoms with Crippen molar-refractivity contribution in [1.82, 2.24) is 4.98 Å². The Labute approximate surface area is 70.4 Å². The third kappa shape index (κ3) is 1.50. The number of nitrogens with zero attached hydrogens (tertiary/aromatic N) is 1. The summed E-state index contributed by atoms with van der Waals surface area (Å²) in [6, 6.07) is 1.53. The van der Waals surface area contributed by atoms with Crippen LogP contribution >= 0.6 is 0 Å². The standard InChI is InChI=1S/C9H9NO2/c1-3-7-5-10-6(2)4-8(7)9(11)12/h3-5H,1H2,2H3,(H,11,12). The van der Waals surface area contributed by atoms with Gasteiger partial charge in [0.15, 0.2) is 0 Å². The molecule has 0 bridgehead atoms. The third-order valence-electron chi connectivity index (χ3n) is 1.52. The zero-order valence-corrected chi connectivity index (χ0v) is 6.74. The van der Waals surface area contributed by atoms with Crippen molar-refractivity contribution >= 4 is 12.0 Å². The number of aromatic nitrogens is 1. The summed E-state index contributed by atoms with van der Waals surface area (Å²) in [6.45, 7) is 5.25. The quantitative estimate of drug-likeness (QED) is 0.722. The molecule has 0 aromatic carbocycles. The van der Waals surface area contributed by atoms with Crippen LogP contribution in [0.25, 0.3) is 6.08 Å². The predicted molar refractivity (Wildman–Crippen MR) is 46.0 cm³/mol. The van der Waals surface area contributed by atoms with Crippen molar-refractivity contribution in [3.8, 4) is 0 Å². The maximum Gasteiger partial charge on any atom is 0.336 e. The number of carboxylic acid groups (broad SMARTS) is 1. The van der Waals surface area contributed by atoms with Crippen molar-refractivity contribution in [1.29, 1.82) is 0 Å². The predicted octanol–water partition coefficient (Wildman–Crippen LogP) is 1.73. The van der Waals surface area contributed by atoms with E-state index < -0.39 is 5.97 Å².